The summed E-state index contributed by atoms with van der Waals surface area (Å²) in [5.74, 6) is 0.729. The third-order valence-corrected chi connectivity index (χ3v) is 6.32. The molecule has 3 aromatic rings. The number of nitrogens with zero attached hydrogens (tertiary/aromatic N) is 4. The Kier molecular flexibility index (Phi) is 6.94. The van der Waals surface area contributed by atoms with E-state index in [4.69, 9.17) is 14.2 Å². The molecule has 0 aliphatic carbocycles. The molecular weight excluding hydrogens is 448 g/mol. The van der Waals surface area contributed by atoms with Gasteiger partial charge >= 0.3 is 6.03 Å². The smallest absolute Gasteiger partial charge is 0.319 e. The number of anilines is 1. The van der Waals surface area contributed by atoms with Crippen LogP contribution in [0.3, 0.4) is 0 Å². The van der Waals surface area contributed by atoms with E-state index in [9.17, 15) is 4.79 Å². The monoisotopic (exact) mass is 478 g/mol. The van der Waals surface area contributed by atoms with Crippen LogP contribution in [-0.4, -0.2) is 71.5 Å². The zero-order valence-electron chi connectivity index (χ0n) is 19.8. The van der Waals surface area contributed by atoms with Crippen molar-refractivity contribution >= 4 is 11.7 Å². The van der Waals surface area contributed by atoms with Gasteiger partial charge in [-0.2, -0.15) is 0 Å². The summed E-state index contributed by atoms with van der Waals surface area (Å²) in [4.78, 5) is 14.7. The van der Waals surface area contributed by atoms with Gasteiger partial charge in [-0.25, -0.2) is 9.48 Å². The number of fused-ring (bicyclic) bond motifs is 1. The number of hydrogen-bond donors (Lipinski definition) is 2. The molecule has 0 bridgehead atoms. The lowest BCUT2D eigenvalue weighted by Gasteiger charge is -2.18. The minimum atomic E-state index is -0.305. The van der Waals surface area contributed by atoms with Crippen molar-refractivity contribution in [1.82, 2.24) is 25.2 Å². The lowest BCUT2D eigenvalue weighted by molar-refractivity contribution is 0.0622. The molecule has 0 radical (unpaired) electrons. The van der Waals surface area contributed by atoms with E-state index in [1.54, 1.807) is 31.4 Å². The molecule has 10 heteroatoms. The molecule has 1 aromatic heterocycles. The second kappa shape index (κ2) is 10.4. The Hall–Kier alpha value is -3.47. The van der Waals surface area contributed by atoms with Crippen LogP contribution in [0.15, 0.2) is 60.8 Å². The third-order valence-electron chi connectivity index (χ3n) is 6.32. The standard InChI is InChI=1S/C25H30N6O4/c1-30(12-17-6-4-3-5-7-17)13-19-14-31(29-28-19)22-16-35-23-21(15-34-24(22)23)27-25(32)26-18-8-10-20(33-2)11-9-18/h3-11,14,21-24H,12-13,15-16H2,1-2H3,(H2,26,27,32)/t21-,22-,23+,24+/m0/s1. The Morgan fingerprint density at radius 3 is 2.63 bits per heavy atom. The van der Waals surface area contributed by atoms with Crippen molar-refractivity contribution in [1.29, 1.82) is 0 Å². The summed E-state index contributed by atoms with van der Waals surface area (Å²) in [5, 5.41) is 14.5. The van der Waals surface area contributed by atoms with Crippen LogP contribution in [0, 0.1) is 0 Å². The second-order valence-electron chi connectivity index (χ2n) is 8.94. The van der Waals surface area contributed by atoms with Crippen LogP contribution in [-0.2, 0) is 22.6 Å². The normalized spacial score (nSPS) is 23.3. The van der Waals surface area contributed by atoms with Crippen LogP contribution in [0.25, 0.3) is 0 Å². The van der Waals surface area contributed by atoms with Crippen molar-refractivity contribution < 1.29 is 19.0 Å². The molecular formula is C25H30N6O4. The quantitative estimate of drug-likeness (QED) is 0.513. The molecule has 5 rings (SSSR count). The predicted octanol–water partition coefficient (Wildman–Crippen LogP) is 2.45. The van der Waals surface area contributed by atoms with Gasteiger partial charge in [-0.05, 0) is 36.9 Å². The number of ether oxygens (including phenoxy) is 3. The summed E-state index contributed by atoms with van der Waals surface area (Å²) >= 11 is 0. The highest BCUT2D eigenvalue weighted by Crippen LogP contribution is 2.34. The van der Waals surface area contributed by atoms with Gasteiger partial charge in [-0.3, -0.25) is 4.90 Å². The highest BCUT2D eigenvalue weighted by molar-refractivity contribution is 5.89. The van der Waals surface area contributed by atoms with Gasteiger partial charge in [-0.1, -0.05) is 35.5 Å². The fraction of sp³-hybridized carbons (Fsp3) is 0.400. The van der Waals surface area contributed by atoms with Crippen LogP contribution in [0.5, 0.6) is 5.75 Å². The number of hydrogen-bond acceptors (Lipinski definition) is 7. The highest BCUT2D eigenvalue weighted by atomic mass is 16.6. The maximum Gasteiger partial charge on any atom is 0.319 e. The highest BCUT2D eigenvalue weighted by Gasteiger charge is 2.49. The van der Waals surface area contributed by atoms with Crippen molar-refractivity contribution in [3.63, 3.8) is 0 Å². The number of aromatic nitrogens is 3. The van der Waals surface area contributed by atoms with E-state index in [2.05, 4.69) is 45.0 Å². The average Bonchev–Trinajstić information content (AvgIpc) is 3.58. The van der Waals surface area contributed by atoms with Gasteiger partial charge in [0, 0.05) is 18.8 Å². The first-order valence-corrected chi connectivity index (χ1v) is 11.7. The Bertz CT molecular complexity index is 1120. The number of carbonyl (C=O) groups is 1. The second-order valence-corrected chi connectivity index (χ2v) is 8.94. The van der Waals surface area contributed by atoms with Crippen molar-refractivity contribution in [3.05, 3.63) is 72.1 Å². The minimum Gasteiger partial charge on any atom is -0.497 e. The topological polar surface area (TPSA) is 103 Å². The molecule has 4 atom stereocenters. The van der Waals surface area contributed by atoms with Gasteiger partial charge in [-0.15, -0.1) is 5.10 Å². The van der Waals surface area contributed by atoms with Gasteiger partial charge in [0.05, 0.1) is 38.3 Å². The Labute approximate surface area is 204 Å². The first-order chi connectivity index (χ1) is 17.1. The number of benzene rings is 2. The number of rotatable bonds is 8. The molecule has 2 aromatic carbocycles. The summed E-state index contributed by atoms with van der Waals surface area (Å²) in [6.45, 7) is 2.35. The molecule has 184 valence electrons. The summed E-state index contributed by atoms with van der Waals surface area (Å²) in [6, 6.07) is 16.9. The Morgan fingerprint density at radius 2 is 1.86 bits per heavy atom. The van der Waals surface area contributed by atoms with Gasteiger partial charge in [0.25, 0.3) is 0 Å². The van der Waals surface area contributed by atoms with E-state index in [-0.39, 0.29) is 30.3 Å². The molecule has 2 N–H and O–H groups in total. The Morgan fingerprint density at radius 1 is 1.09 bits per heavy atom. The lowest BCUT2D eigenvalue weighted by atomic mass is 10.1. The van der Waals surface area contributed by atoms with E-state index in [0.717, 1.165) is 18.0 Å². The molecule has 2 amide bonds. The van der Waals surface area contributed by atoms with Gasteiger partial charge in [0.15, 0.2) is 0 Å². The van der Waals surface area contributed by atoms with Crippen LogP contribution >= 0.6 is 0 Å². The fourth-order valence-electron chi connectivity index (χ4n) is 4.62. The van der Waals surface area contributed by atoms with Crippen LogP contribution in [0.4, 0.5) is 10.5 Å². The number of nitrogens with one attached hydrogen (secondary N) is 2. The van der Waals surface area contributed by atoms with Gasteiger partial charge in [0.1, 0.15) is 24.0 Å². The number of urea groups is 1. The number of methoxy groups -OCH3 is 1. The van der Waals surface area contributed by atoms with Crippen molar-refractivity contribution in [2.45, 2.75) is 37.4 Å². The van der Waals surface area contributed by atoms with E-state index in [1.807, 2.05) is 29.1 Å². The molecule has 10 nitrogen and oxygen atoms in total. The zero-order chi connectivity index (χ0) is 24.2. The molecule has 2 aliphatic rings. The number of carbonyl (C=O) groups excluding carboxylic acids is 1. The minimum absolute atomic E-state index is 0.0860. The third kappa shape index (κ3) is 5.45. The van der Waals surface area contributed by atoms with Gasteiger partial charge in [0.2, 0.25) is 0 Å². The molecule has 3 heterocycles. The van der Waals surface area contributed by atoms with E-state index in [0.29, 0.717) is 25.4 Å². The van der Waals surface area contributed by atoms with E-state index >= 15 is 0 Å². The SMILES string of the molecule is COc1ccc(NC(=O)N[C@H]2CO[C@H]3[C@@H]2OC[C@@H]3n2cc(CN(C)Cc3ccccc3)nn2)cc1. The average molecular weight is 479 g/mol. The molecule has 0 spiro atoms. The fourth-order valence-corrected chi connectivity index (χ4v) is 4.62. The summed E-state index contributed by atoms with van der Waals surface area (Å²) in [5.41, 5.74) is 2.82. The molecule has 35 heavy (non-hydrogen) atoms. The lowest BCUT2D eigenvalue weighted by Crippen LogP contribution is -2.45. The molecule has 0 unspecified atom stereocenters. The molecule has 2 fully saturated rings. The summed E-state index contributed by atoms with van der Waals surface area (Å²) < 4.78 is 19.0. The maximum absolute atomic E-state index is 12.5. The van der Waals surface area contributed by atoms with Crippen molar-refractivity contribution in [3.8, 4) is 5.75 Å². The predicted molar refractivity (Wildman–Crippen MR) is 129 cm³/mol. The van der Waals surface area contributed by atoms with Crippen LogP contribution in [0.2, 0.25) is 0 Å². The first-order valence-electron chi connectivity index (χ1n) is 11.7. The molecule has 2 aliphatic heterocycles. The van der Waals surface area contributed by atoms with Gasteiger partial charge < -0.3 is 24.8 Å². The van der Waals surface area contributed by atoms with E-state index < -0.39 is 0 Å². The molecule has 2 saturated heterocycles. The van der Waals surface area contributed by atoms with Crippen molar-refractivity contribution in [2.75, 3.05) is 32.7 Å². The Balaban J connectivity index is 1.14. The van der Waals surface area contributed by atoms with E-state index in [1.165, 1.54) is 5.56 Å². The van der Waals surface area contributed by atoms with Crippen LogP contribution < -0.4 is 15.4 Å². The maximum atomic E-state index is 12.5. The zero-order valence-corrected chi connectivity index (χ0v) is 19.8. The largest absolute Gasteiger partial charge is 0.497 e. The first kappa shape index (κ1) is 23.3. The summed E-state index contributed by atoms with van der Waals surface area (Å²) in [6.07, 6.45) is 1.52. The molecule has 0 saturated carbocycles. The van der Waals surface area contributed by atoms with Crippen molar-refractivity contribution in [2.24, 2.45) is 0 Å². The number of amides is 2. The van der Waals surface area contributed by atoms with Crippen LogP contribution in [0.1, 0.15) is 17.3 Å². The summed E-state index contributed by atoms with van der Waals surface area (Å²) in [7, 11) is 3.67.